The molecule has 0 spiro atoms. The molecule has 1 saturated carbocycles. The van der Waals surface area contributed by atoms with Gasteiger partial charge in [-0.1, -0.05) is 0 Å². The Hall–Kier alpha value is -1.20. The Balaban J connectivity index is 1.62. The molecular weight excluding hydrogens is 232 g/mol. The van der Waals surface area contributed by atoms with Gasteiger partial charge in [0.25, 0.3) is 0 Å². The third kappa shape index (κ3) is 2.40. The van der Waals surface area contributed by atoms with E-state index < -0.39 is 0 Å². The molecule has 0 aliphatic heterocycles. The van der Waals surface area contributed by atoms with Crippen LogP contribution in [0.1, 0.15) is 12.8 Å². The van der Waals surface area contributed by atoms with Gasteiger partial charge >= 0.3 is 0 Å². The van der Waals surface area contributed by atoms with Crippen molar-refractivity contribution >= 4 is 27.4 Å². The second-order valence-corrected chi connectivity index (χ2v) is 5.39. The van der Waals surface area contributed by atoms with E-state index in [9.17, 15) is 0 Å². The van der Waals surface area contributed by atoms with Crippen LogP contribution in [0.2, 0.25) is 0 Å². The third-order valence-electron chi connectivity index (χ3n) is 3.19. The molecule has 1 N–H and O–H groups in total. The first-order chi connectivity index (χ1) is 8.34. The highest BCUT2D eigenvalue weighted by Gasteiger charge is 2.25. The zero-order chi connectivity index (χ0) is 11.7. The fraction of sp³-hybridized carbons (Fsp3) is 0.500. The topological polar surface area (TPSA) is 41.0 Å². The van der Waals surface area contributed by atoms with Crippen molar-refractivity contribution < 1.29 is 0 Å². The first-order valence-corrected chi connectivity index (χ1v) is 6.85. The second-order valence-electron chi connectivity index (χ2n) is 4.50. The van der Waals surface area contributed by atoms with E-state index in [1.54, 1.807) is 17.7 Å². The van der Waals surface area contributed by atoms with Gasteiger partial charge in [-0.2, -0.15) is 0 Å². The maximum Gasteiger partial charge on any atom is 0.138 e. The van der Waals surface area contributed by atoms with Gasteiger partial charge in [-0.3, -0.25) is 0 Å². The van der Waals surface area contributed by atoms with Gasteiger partial charge < -0.3 is 10.2 Å². The van der Waals surface area contributed by atoms with Crippen LogP contribution in [0, 0.1) is 0 Å². The molecule has 4 nitrogen and oxygen atoms in total. The molecule has 0 unspecified atom stereocenters. The molecule has 0 amide bonds. The molecule has 1 aliphatic carbocycles. The highest BCUT2D eigenvalue weighted by atomic mass is 32.1. The van der Waals surface area contributed by atoms with E-state index in [1.165, 1.54) is 12.8 Å². The number of aromatic nitrogens is 2. The van der Waals surface area contributed by atoms with Crippen LogP contribution < -0.4 is 5.32 Å². The molecule has 17 heavy (non-hydrogen) atoms. The van der Waals surface area contributed by atoms with Crippen molar-refractivity contribution in [2.24, 2.45) is 0 Å². The van der Waals surface area contributed by atoms with Gasteiger partial charge in [-0.05, 0) is 31.3 Å². The van der Waals surface area contributed by atoms with Crippen molar-refractivity contribution in [3.8, 4) is 0 Å². The lowest BCUT2D eigenvalue weighted by molar-refractivity contribution is 0.337. The first kappa shape index (κ1) is 10.9. The van der Waals surface area contributed by atoms with Gasteiger partial charge in [0.1, 0.15) is 17.0 Å². The molecule has 1 fully saturated rings. The predicted octanol–water partition coefficient (Wildman–Crippen LogP) is 2.20. The lowest BCUT2D eigenvalue weighted by Crippen LogP contribution is -2.27. The Morgan fingerprint density at radius 2 is 2.35 bits per heavy atom. The van der Waals surface area contributed by atoms with Gasteiger partial charge in [-0.25, -0.2) is 9.97 Å². The Morgan fingerprint density at radius 3 is 3.18 bits per heavy atom. The van der Waals surface area contributed by atoms with Crippen LogP contribution in [0.15, 0.2) is 17.8 Å². The van der Waals surface area contributed by atoms with E-state index in [0.29, 0.717) is 0 Å². The Labute approximate surface area is 105 Å². The lowest BCUT2D eigenvalue weighted by atomic mass is 10.4. The number of anilines is 1. The Kier molecular flexibility index (Phi) is 2.94. The minimum Gasteiger partial charge on any atom is -0.368 e. The molecule has 0 saturated heterocycles. The maximum atomic E-state index is 4.30. The molecule has 5 heteroatoms. The van der Waals surface area contributed by atoms with Gasteiger partial charge in [0.2, 0.25) is 0 Å². The summed E-state index contributed by atoms with van der Waals surface area (Å²) in [5, 5.41) is 6.59. The highest BCUT2D eigenvalue weighted by molar-refractivity contribution is 7.16. The van der Waals surface area contributed by atoms with Crippen molar-refractivity contribution in [2.45, 2.75) is 18.9 Å². The smallest absolute Gasteiger partial charge is 0.138 e. The summed E-state index contributed by atoms with van der Waals surface area (Å²) in [5.41, 5.74) is 0. The summed E-state index contributed by atoms with van der Waals surface area (Å²) in [4.78, 5) is 12.0. The number of likely N-dealkylation sites (N-methyl/N-ethyl adjacent to an activating group) is 1. The SMILES string of the molecule is CN(CCNc1ncnc2sccc12)C1CC1. The van der Waals surface area contributed by atoms with E-state index in [0.717, 1.165) is 35.2 Å². The fourth-order valence-corrected chi connectivity index (χ4v) is 2.71. The monoisotopic (exact) mass is 248 g/mol. The van der Waals surface area contributed by atoms with E-state index in [2.05, 4.69) is 38.7 Å². The van der Waals surface area contributed by atoms with Crippen LogP contribution in [-0.2, 0) is 0 Å². The third-order valence-corrected chi connectivity index (χ3v) is 4.01. The number of fused-ring (bicyclic) bond motifs is 1. The van der Waals surface area contributed by atoms with Crippen LogP contribution in [-0.4, -0.2) is 41.0 Å². The zero-order valence-electron chi connectivity index (χ0n) is 9.89. The summed E-state index contributed by atoms with van der Waals surface area (Å²) in [6.45, 7) is 2.01. The van der Waals surface area contributed by atoms with Gasteiger partial charge in [0, 0.05) is 19.1 Å². The van der Waals surface area contributed by atoms with Crippen LogP contribution >= 0.6 is 11.3 Å². The number of hydrogen-bond donors (Lipinski definition) is 1. The van der Waals surface area contributed by atoms with Crippen LogP contribution in [0.4, 0.5) is 5.82 Å². The number of nitrogens with one attached hydrogen (secondary N) is 1. The molecule has 2 heterocycles. The summed E-state index contributed by atoms with van der Waals surface area (Å²) >= 11 is 1.65. The number of nitrogens with zero attached hydrogens (tertiary/aromatic N) is 3. The van der Waals surface area contributed by atoms with Crippen molar-refractivity contribution in [3.63, 3.8) is 0 Å². The van der Waals surface area contributed by atoms with Crippen LogP contribution in [0.25, 0.3) is 10.2 Å². The van der Waals surface area contributed by atoms with Gasteiger partial charge in [0.15, 0.2) is 0 Å². The summed E-state index contributed by atoms with van der Waals surface area (Å²) in [5.74, 6) is 0.959. The highest BCUT2D eigenvalue weighted by Crippen LogP contribution is 2.25. The largest absolute Gasteiger partial charge is 0.368 e. The average molecular weight is 248 g/mol. The van der Waals surface area contributed by atoms with Gasteiger partial charge in [0.05, 0.1) is 5.39 Å². The standard InChI is InChI=1S/C12H16N4S/c1-16(9-2-3-9)6-5-13-11-10-4-7-17-12(10)15-8-14-11/h4,7-9H,2-3,5-6H2,1H3,(H,13,14,15). The van der Waals surface area contributed by atoms with Crippen molar-refractivity contribution in [3.05, 3.63) is 17.8 Å². The molecule has 0 bridgehead atoms. The lowest BCUT2D eigenvalue weighted by Gasteiger charge is -2.16. The normalized spacial score (nSPS) is 15.6. The number of hydrogen-bond acceptors (Lipinski definition) is 5. The van der Waals surface area contributed by atoms with E-state index in [-0.39, 0.29) is 0 Å². The van der Waals surface area contributed by atoms with E-state index >= 15 is 0 Å². The summed E-state index contributed by atoms with van der Waals surface area (Å²) < 4.78 is 0. The summed E-state index contributed by atoms with van der Waals surface area (Å²) in [6.07, 6.45) is 4.35. The molecule has 0 atom stereocenters. The molecule has 90 valence electrons. The average Bonchev–Trinajstić information content (AvgIpc) is 3.07. The van der Waals surface area contributed by atoms with Crippen molar-refractivity contribution in [1.82, 2.24) is 14.9 Å². The second kappa shape index (κ2) is 4.58. The summed E-state index contributed by atoms with van der Waals surface area (Å²) in [6, 6.07) is 2.90. The van der Waals surface area contributed by atoms with E-state index in [4.69, 9.17) is 0 Å². The molecule has 2 aromatic heterocycles. The number of rotatable bonds is 5. The first-order valence-electron chi connectivity index (χ1n) is 5.97. The quantitative estimate of drug-likeness (QED) is 0.880. The molecule has 2 aromatic rings. The minimum absolute atomic E-state index is 0.823. The maximum absolute atomic E-state index is 4.30. The molecular formula is C12H16N4S. The molecule has 0 aromatic carbocycles. The van der Waals surface area contributed by atoms with Crippen molar-refractivity contribution in [1.29, 1.82) is 0 Å². The predicted molar refractivity (Wildman–Crippen MR) is 71.6 cm³/mol. The summed E-state index contributed by atoms with van der Waals surface area (Å²) in [7, 11) is 2.19. The van der Waals surface area contributed by atoms with E-state index in [1.807, 2.05) is 0 Å². The van der Waals surface area contributed by atoms with Crippen LogP contribution in [0.3, 0.4) is 0 Å². The minimum atomic E-state index is 0.823. The molecule has 3 rings (SSSR count). The van der Waals surface area contributed by atoms with Gasteiger partial charge in [-0.15, -0.1) is 11.3 Å². The molecule has 1 aliphatic rings. The van der Waals surface area contributed by atoms with Crippen LogP contribution in [0.5, 0.6) is 0 Å². The number of thiophene rings is 1. The Bertz CT molecular complexity index is 506. The zero-order valence-corrected chi connectivity index (χ0v) is 10.7. The molecule has 0 radical (unpaired) electrons. The van der Waals surface area contributed by atoms with Crippen molar-refractivity contribution in [2.75, 3.05) is 25.5 Å². The Morgan fingerprint density at radius 1 is 1.47 bits per heavy atom. The fourth-order valence-electron chi connectivity index (χ4n) is 1.98.